The second-order valence-electron chi connectivity index (χ2n) is 4.76. The van der Waals surface area contributed by atoms with E-state index in [2.05, 4.69) is 56.2 Å². The summed E-state index contributed by atoms with van der Waals surface area (Å²) in [6.45, 7) is 2.78. The normalized spacial score (nSPS) is 10.9. The lowest BCUT2D eigenvalue weighted by Crippen LogP contribution is -2.01. The van der Waals surface area contributed by atoms with Gasteiger partial charge in [-0.05, 0) is 53.3 Å². The molecule has 0 radical (unpaired) electrons. The standard InChI is InChI=1S/C15H15IN4/c1-10-12-7-11(9-18-15(12)20(2)19-10)8-17-14-6-4-3-5-13(14)16/h3-7,9,17H,8H2,1-2H3. The van der Waals surface area contributed by atoms with E-state index in [4.69, 9.17) is 0 Å². The minimum absolute atomic E-state index is 0.761. The van der Waals surface area contributed by atoms with E-state index < -0.39 is 0 Å². The molecular formula is C15H15IN4. The van der Waals surface area contributed by atoms with Crippen molar-refractivity contribution in [1.29, 1.82) is 0 Å². The minimum Gasteiger partial charge on any atom is -0.380 e. The Morgan fingerprint density at radius 2 is 2.10 bits per heavy atom. The van der Waals surface area contributed by atoms with E-state index in [-0.39, 0.29) is 0 Å². The quantitative estimate of drug-likeness (QED) is 0.710. The van der Waals surface area contributed by atoms with Gasteiger partial charge < -0.3 is 5.32 Å². The highest BCUT2D eigenvalue weighted by molar-refractivity contribution is 14.1. The van der Waals surface area contributed by atoms with Crippen molar-refractivity contribution in [3.8, 4) is 0 Å². The van der Waals surface area contributed by atoms with Crippen LogP contribution < -0.4 is 5.32 Å². The summed E-state index contributed by atoms with van der Waals surface area (Å²) in [5.41, 5.74) is 4.26. The van der Waals surface area contributed by atoms with Crippen molar-refractivity contribution in [3.05, 3.63) is 51.4 Å². The molecule has 0 aliphatic carbocycles. The number of pyridine rings is 1. The first-order valence-corrected chi connectivity index (χ1v) is 7.49. The van der Waals surface area contributed by atoms with Gasteiger partial charge in [0.05, 0.1) is 5.69 Å². The SMILES string of the molecule is Cc1nn(C)c2ncc(CNc3ccccc3I)cc12. The predicted octanol–water partition coefficient (Wildman–Crippen LogP) is 3.49. The molecule has 0 fully saturated rings. The number of rotatable bonds is 3. The van der Waals surface area contributed by atoms with Crippen molar-refractivity contribution < 1.29 is 0 Å². The number of fused-ring (bicyclic) bond motifs is 1. The maximum atomic E-state index is 4.49. The van der Waals surface area contributed by atoms with Crippen molar-refractivity contribution in [1.82, 2.24) is 14.8 Å². The Hall–Kier alpha value is -1.63. The minimum atomic E-state index is 0.761. The van der Waals surface area contributed by atoms with E-state index in [1.54, 1.807) is 0 Å². The molecular weight excluding hydrogens is 363 g/mol. The Balaban J connectivity index is 1.85. The number of para-hydroxylation sites is 1. The van der Waals surface area contributed by atoms with Gasteiger partial charge in [-0.3, -0.25) is 4.68 Å². The van der Waals surface area contributed by atoms with Gasteiger partial charge in [0.25, 0.3) is 0 Å². The van der Waals surface area contributed by atoms with E-state index in [1.807, 2.05) is 37.0 Å². The smallest absolute Gasteiger partial charge is 0.157 e. The summed E-state index contributed by atoms with van der Waals surface area (Å²) in [6, 6.07) is 10.4. The summed E-state index contributed by atoms with van der Waals surface area (Å²) in [5, 5.41) is 8.96. The molecule has 0 aliphatic rings. The number of aryl methyl sites for hydroxylation is 2. The number of hydrogen-bond donors (Lipinski definition) is 1. The molecule has 20 heavy (non-hydrogen) atoms. The lowest BCUT2D eigenvalue weighted by molar-refractivity contribution is 0.773. The first-order chi connectivity index (χ1) is 9.65. The number of anilines is 1. The Bertz CT molecular complexity index is 764. The molecule has 4 nitrogen and oxygen atoms in total. The van der Waals surface area contributed by atoms with Crippen LogP contribution in [0.15, 0.2) is 36.5 Å². The second-order valence-corrected chi connectivity index (χ2v) is 5.92. The Kier molecular flexibility index (Phi) is 3.60. The molecule has 2 aromatic heterocycles. The number of halogens is 1. The molecule has 0 bridgehead atoms. The Labute approximate surface area is 131 Å². The zero-order valence-electron chi connectivity index (χ0n) is 11.4. The van der Waals surface area contributed by atoms with E-state index in [9.17, 15) is 0 Å². The number of nitrogens with zero attached hydrogens (tertiary/aromatic N) is 3. The number of benzene rings is 1. The highest BCUT2D eigenvalue weighted by atomic mass is 127. The first-order valence-electron chi connectivity index (χ1n) is 6.42. The van der Waals surface area contributed by atoms with Crippen LogP contribution in [-0.4, -0.2) is 14.8 Å². The molecule has 0 atom stereocenters. The van der Waals surface area contributed by atoms with Crippen LogP contribution >= 0.6 is 22.6 Å². The maximum absolute atomic E-state index is 4.49. The maximum Gasteiger partial charge on any atom is 0.157 e. The van der Waals surface area contributed by atoms with E-state index in [1.165, 1.54) is 3.57 Å². The number of hydrogen-bond acceptors (Lipinski definition) is 3. The highest BCUT2D eigenvalue weighted by Gasteiger charge is 2.07. The van der Waals surface area contributed by atoms with E-state index >= 15 is 0 Å². The molecule has 5 heteroatoms. The van der Waals surface area contributed by atoms with Crippen molar-refractivity contribution in [2.75, 3.05) is 5.32 Å². The summed E-state index contributed by atoms with van der Waals surface area (Å²) < 4.78 is 3.04. The summed E-state index contributed by atoms with van der Waals surface area (Å²) in [7, 11) is 1.92. The van der Waals surface area contributed by atoms with Crippen LogP contribution in [0.5, 0.6) is 0 Å². The third-order valence-electron chi connectivity index (χ3n) is 3.28. The fourth-order valence-corrected chi connectivity index (χ4v) is 2.83. The van der Waals surface area contributed by atoms with Crippen LogP contribution in [0.4, 0.5) is 5.69 Å². The van der Waals surface area contributed by atoms with Gasteiger partial charge in [0.1, 0.15) is 0 Å². The average molecular weight is 378 g/mol. The molecule has 1 aromatic carbocycles. The monoisotopic (exact) mass is 378 g/mol. The topological polar surface area (TPSA) is 42.7 Å². The Morgan fingerprint density at radius 3 is 2.90 bits per heavy atom. The van der Waals surface area contributed by atoms with Gasteiger partial charge in [0, 0.05) is 34.4 Å². The predicted molar refractivity (Wildman–Crippen MR) is 89.7 cm³/mol. The molecule has 0 unspecified atom stereocenters. The molecule has 0 saturated heterocycles. The van der Waals surface area contributed by atoms with Crippen molar-refractivity contribution in [3.63, 3.8) is 0 Å². The first kappa shape index (κ1) is 13.4. The molecule has 102 valence electrons. The lowest BCUT2D eigenvalue weighted by atomic mass is 10.2. The van der Waals surface area contributed by atoms with Gasteiger partial charge in [-0.15, -0.1) is 0 Å². The molecule has 0 saturated carbocycles. The zero-order chi connectivity index (χ0) is 14.1. The summed E-state index contributed by atoms with van der Waals surface area (Å²) in [5.74, 6) is 0. The van der Waals surface area contributed by atoms with Gasteiger partial charge in [0.15, 0.2) is 5.65 Å². The molecule has 0 spiro atoms. The van der Waals surface area contributed by atoms with Gasteiger partial charge in [0.2, 0.25) is 0 Å². The zero-order valence-corrected chi connectivity index (χ0v) is 13.5. The van der Waals surface area contributed by atoms with E-state index in [0.717, 1.165) is 34.5 Å². The van der Waals surface area contributed by atoms with Crippen LogP contribution in [0.1, 0.15) is 11.3 Å². The highest BCUT2D eigenvalue weighted by Crippen LogP contribution is 2.20. The van der Waals surface area contributed by atoms with Gasteiger partial charge in [-0.25, -0.2) is 4.98 Å². The molecule has 3 aromatic rings. The lowest BCUT2D eigenvalue weighted by Gasteiger charge is -2.08. The molecule has 0 aliphatic heterocycles. The van der Waals surface area contributed by atoms with Crippen LogP contribution in [0.3, 0.4) is 0 Å². The summed E-state index contributed by atoms with van der Waals surface area (Å²) in [6.07, 6.45) is 1.91. The van der Waals surface area contributed by atoms with Gasteiger partial charge >= 0.3 is 0 Å². The van der Waals surface area contributed by atoms with E-state index in [0.29, 0.717) is 0 Å². The second kappa shape index (κ2) is 5.40. The largest absolute Gasteiger partial charge is 0.380 e. The van der Waals surface area contributed by atoms with Gasteiger partial charge in [-0.2, -0.15) is 5.10 Å². The number of aromatic nitrogens is 3. The van der Waals surface area contributed by atoms with Crippen LogP contribution in [0.2, 0.25) is 0 Å². The van der Waals surface area contributed by atoms with Crippen LogP contribution in [-0.2, 0) is 13.6 Å². The third kappa shape index (κ3) is 2.49. The summed E-state index contributed by atoms with van der Waals surface area (Å²) >= 11 is 2.33. The Morgan fingerprint density at radius 1 is 1.30 bits per heavy atom. The fraction of sp³-hybridized carbons (Fsp3) is 0.200. The van der Waals surface area contributed by atoms with Crippen LogP contribution in [0, 0.1) is 10.5 Å². The summed E-state index contributed by atoms with van der Waals surface area (Å²) in [4.78, 5) is 4.49. The fourth-order valence-electron chi connectivity index (χ4n) is 2.25. The molecule has 0 amide bonds. The molecule has 2 heterocycles. The molecule has 3 rings (SSSR count). The van der Waals surface area contributed by atoms with Crippen molar-refractivity contribution in [2.45, 2.75) is 13.5 Å². The van der Waals surface area contributed by atoms with Gasteiger partial charge in [-0.1, -0.05) is 12.1 Å². The third-order valence-corrected chi connectivity index (χ3v) is 4.22. The number of nitrogens with one attached hydrogen (secondary N) is 1. The van der Waals surface area contributed by atoms with Crippen LogP contribution in [0.25, 0.3) is 11.0 Å². The van der Waals surface area contributed by atoms with Crippen molar-refractivity contribution in [2.24, 2.45) is 7.05 Å². The average Bonchev–Trinajstić information content (AvgIpc) is 2.73. The van der Waals surface area contributed by atoms with Crippen molar-refractivity contribution >= 4 is 39.3 Å². The molecule has 1 N–H and O–H groups in total.